The van der Waals surface area contributed by atoms with Gasteiger partial charge in [0, 0.05) is 0 Å². The molecule has 0 unspecified atom stereocenters. The predicted molar refractivity (Wildman–Crippen MR) is 52.8 cm³/mol. The van der Waals surface area contributed by atoms with Gasteiger partial charge in [-0.1, -0.05) is 18.2 Å². The van der Waals surface area contributed by atoms with Crippen LogP contribution in [0.15, 0.2) is 24.8 Å². The average Bonchev–Trinajstić information content (AvgIpc) is 2.92. The summed E-state index contributed by atoms with van der Waals surface area (Å²) in [5, 5.41) is 0.868. The maximum atomic E-state index is 11.9. The van der Waals surface area contributed by atoms with Crippen molar-refractivity contribution in [2.45, 2.75) is 12.2 Å². The molecule has 3 aliphatic rings. The topological polar surface area (TPSA) is 55.8 Å². The SMILES string of the molecule is C=CCON1C(=O)[C@@H]2[C@H](C1=O)[C@H]1C=C[C@@H]2O1. The lowest BCUT2D eigenvalue weighted by molar-refractivity contribution is -0.188. The van der Waals surface area contributed by atoms with E-state index in [1.54, 1.807) is 0 Å². The van der Waals surface area contributed by atoms with E-state index in [1.807, 2.05) is 12.2 Å². The lowest BCUT2D eigenvalue weighted by Gasteiger charge is -2.15. The average molecular weight is 221 g/mol. The van der Waals surface area contributed by atoms with Gasteiger partial charge in [-0.3, -0.25) is 14.4 Å². The number of hydrogen-bond acceptors (Lipinski definition) is 4. The summed E-state index contributed by atoms with van der Waals surface area (Å²) in [6, 6.07) is 0. The summed E-state index contributed by atoms with van der Waals surface area (Å²) in [6.07, 6.45) is 4.66. The number of ether oxygens (including phenoxy) is 1. The van der Waals surface area contributed by atoms with Crippen molar-refractivity contribution in [3.63, 3.8) is 0 Å². The third-order valence-corrected chi connectivity index (χ3v) is 3.19. The van der Waals surface area contributed by atoms with E-state index in [1.165, 1.54) is 6.08 Å². The molecular formula is C11H11NO4. The molecule has 0 spiro atoms. The highest BCUT2D eigenvalue weighted by Gasteiger charge is 2.61. The van der Waals surface area contributed by atoms with Crippen LogP contribution in [0, 0.1) is 11.8 Å². The van der Waals surface area contributed by atoms with Crippen molar-refractivity contribution < 1.29 is 19.2 Å². The third kappa shape index (κ3) is 1.07. The van der Waals surface area contributed by atoms with Crippen LogP contribution in [0.2, 0.25) is 0 Å². The number of rotatable bonds is 3. The standard InChI is InChI=1S/C11H11NO4/c1-2-5-15-12-10(13)8-6-3-4-7(16-6)9(8)11(12)14/h2-4,6-9H,1,5H2/t6-,7+,8-,9+. The van der Waals surface area contributed by atoms with Crippen LogP contribution in [0.25, 0.3) is 0 Å². The molecule has 2 amide bonds. The van der Waals surface area contributed by atoms with Crippen molar-refractivity contribution in [2.24, 2.45) is 11.8 Å². The van der Waals surface area contributed by atoms with Gasteiger partial charge in [-0.05, 0) is 0 Å². The van der Waals surface area contributed by atoms with Crippen LogP contribution in [0.3, 0.4) is 0 Å². The summed E-state index contributed by atoms with van der Waals surface area (Å²) in [5.41, 5.74) is 0. The molecule has 3 heterocycles. The quantitative estimate of drug-likeness (QED) is 0.499. The molecule has 0 aromatic heterocycles. The molecule has 2 bridgehead atoms. The third-order valence-electron chi connectivity index (χ3n) is 3.19. The first-order chi connectivity index (χ1) is 7.74. The molecule has 4 atom stereocenters. The number of amides is 2. The Balaban J connectivity index is 1.86. The van der Waals surface area contributed by atoms with E-state index in [4.69, 9.17) is 9.57 Å². The molecule has 3 rings (SSSR count). The van der Waals surface area contributed by atoms with E-state index < -0.39 is 11.8 Å². The Labute approximate surface area is 92.3 Å². The van der Waals surface area contributed by atoms with Gasteiger partial charge < -0.3 is 4.74 Å². The molecule has 2 fully saturated rings. The number of hydrogen-bond donors (Lipinski definition) is 0. The van der Waals surface area contributed by atoms with Crippen LogP contribution < -0.4 is 0 Å². The Morgan fingerprint density at radius 3 is 2.38 bits per heavy atom. The van der Waals surface area contributed by atoms with E-state index in [-0.39, 0.29) is 30.6 Å². The highest BCUT2D eigenvalue weighted by atomic mass is 16.7. The van der Waals surface area contributed by atoms with Gasteiger partial charge in [-0.25, -0.2) is 0 Å². The Morgan fingerprint density at radius 1 is 1.31 bits per heavy atom. The maximum absolute atomic E-state index is 11.9. The second-order valence-electron chi connectivity index (χ2n) is 4.06. The van der Waals surface area contributed by atoms with Gasteiger partial charge in [0.05, 0.1) is 30.7 Å². The smallest absolute Gasteiger partial charge is 0.260 e. The summed E-state index contributed by atoms with van der Waals surface area (Å²) in [5.74, 6) is -1.39. The van der Waals surface area contributed by atoms with Gasteiger partial charge in [-0.15, -0.1) is 6.58 Å². The molecule has 5 nitrogen and oxygen atoms in total. The van der Waals surface area contributed by atoms with E-state index in [0.29, 0.717) is 0 Å². The molecule has 0 N–H and O–H groups in total. The van der Waals surface area contributed by atoms with E-state index in [0.717, 1.165) is 5.06 Å². The van der Waals surface area contributed by atoms with Gasteiger partial charge in [0.1, 0.15) is 0 Å². The molecule has 3 aliphatic heterocycles. The second kappa shape index (κ2) is 3.26. The maximum Gasteiger partial charge on any atom is 0.260 e. The van der Waals surface area contributed by atoms with Crippen molar-refractivity contribution in [1.82, 2.24) is 5.06 Å². The zero-order chi connectivity index (χ0) is 11.3. The highest BCUT2D eigenvalue weighted by Crippen LogP contribution is 2.44. The van der Waals surface area contributed by atoms with Gasteiger partial charge in [0.15, 0.2) is 0 Å². The molecule has 0 aliphatic carbocycles. The number of carbonyl (C=O) groups is 2. The van der Waals surface area contributed by atoms with E-state index in [2.05, 4.69) is 6.58 Å². The van der Waals surface area contributed by atoms with Gasteiger partial charge in [0.2, 0.25) is 0 Å². The first kappa shape index (κ1) is 9.74. The summed E-state index contributed by atoms with van der Waals surface area (Å²) in [4.78, 5) is 28.9. The van der Waals surface area contributed by atoms with Crippen LogP contribution >= 0.6 is 0 Å². The Hall–Kier alpha value is -1.46. The van der Waals surface area contributed by atoms with Crippen molar-refractivity contribution >= 4 is 11.8 Å². The highest BCUT2D eigenvalue weighted by molar-refractivity contribution is 6.05. The van der Waals surface area contributed by atoms with Crippen molar-refractivity contribution in [3.8, 4) is 0 Å². The molecule has 84 valence electrons. The fourth-order valence-corrected chi connectivity index (χ4v) is 2.53. The molecule has 0 aromatic rings. The predicted octanol–water partition coefficient (Wildman–Crippen LogP) is 0.0424. The minimum absolute atomic E-state index is 0.153. The minimum atomic E-state index is -0.396. The first-order valence-electron chi connectivity index (χ1n) is 5.19. The van der Waals surface area contributed by atoms with Gasteiger partial charge >= 0.3 is 0 Å². The normalized spacial score (nSPS) is 39.6. The summed E-state index contributed by atoms with van der Waals surface area (Å²) in [7, 11) is 0. The molecule has 16 heavy (non-hydrogen) atoms. The molecule has 5 heteroatoms. The van der Waals surface area contributed by atoms with Crippen LogP contribution in [0.1, 0.15) is 0 Å². The summed E-state index contributed by atoms with van der Waals surface area (Å²) < 4.78 is 5.48. The van der Waals surface area contributed by atoms with E-state index >= 15 is 0 Å². The first-order valence-corrected chi connectivity index (χ1v) is 5.19. The monoisotopic (exact) mass is 221 g/mol. The van der Waals surface area contributed by atoms with Gasteiger partial charge in [0.25, 0.3) is 11.8 Å². The van der Waals surface area contributed by atoms with Crippen LogP contribution in [-0.4, -0.2) is 35.7 Å². The van der Waals surface area contributed by atoms with Crippen LogP contribution in [-0.2, 0) is 19.2 Å². The van der Waals surface area contributed by atoms with Crippen LogP contribution in [0.4, 0.5) is 0 Å². The molecule has 0 radical (unpaired) electrons. The Bertz CT molecular complexity index is 373. The largest absolute Gasteiger partial charge is 0.365 e. The zero-order valence-corrected chi connectivity index (χ0v) is 8.54. The number of nitrogens with zero attached hydrogens (tertiary/aromatic N) is 1. The van der Waals surface area contributed by atoms with Crippen molar-refractivity contribution in [3.05, 3.63) is 24.8 Å². The molecular weight excluding hydrogens is 210 g/mol. The molecule has 0 aromatic carbocycles. The fraction of sp³-hybridized carbons (Fsp3) is 0.455. The summed E-state index contributed by atoms with van der Waals surface area (Å²) >= 11 is 0. The molecule has 2 saturated heterocycles. The fourth-order valence-electron chi connectivity index (χ4n) is 2.53. The van der Waals surface area contributed by atoms with Crippen molar-refractivity contribution in [2.75, 3.05) is 6.61 Å². The molecule has 0 saturated carbocycles. The number of imide groups is 1. The Morgan fingerprint density at radius 2 is 1.88 bits per heavy atom. The minimum Gasteiger partial charge on any atom is -0.365 e. The number of fused-ring (bicyclic) bond motifs is 5. The number of hydroxylamine groups is 2. The van der Waals surface area contributed by atoms with E-state index in [9.17, 15) is 9.59 Å². The zero-order valence-electron chi connectivity index (χ0n) is 8.54. The lowest BCUT2D eigenvalue weighted by Crippen LogP contribution is -2.34. The van der Waals surface area contributed by atoms with Crippen molar-refractivity contribution in [1.29, 1.82) is 0 Å². The lowest BCUT2D eigenvalue weighted by atomic mass is 9.85. The summed E-state index contributed by atoms with van der Waals surface area (Å²) in [6.45, 7) is 3.63. The Kier molecular flexibility index (Phi) is 1.99. The number of carbonyl (C=O) groups excluding carboxylic acids is 2. The second-order valence-corrected chi connectivity index (χ2v) is 4.06. The van der Waals surface area contributed by atoms with Gasteiger partial charge in [-0.2, -0.15) is 5.06 Å². The van der Waals surface area contributed by atoms with Crippen LogP contribution in [0.5, 0.6) is 0 Å².